The number of aromatic nitrogens is 1. The van der Waals surface area contributed by atoms with Crippen molar-refractivity contribution in [1.29, 1.82) is 0 Å². The summed E-state index contributed by atoms with van der Waals surface area (Å²) in [5.41, 5.74) is 0.625. The fraction of sp³-hybridized carbons (Fsp3) is 0.692. The average Bonchev–Trinajstić information content (AvgIpc) is 2.63. The topological polar surface area (TPSA) is 56.7 Å². The van der Waals surface area contributed by atoms with Crippen molar-refractivity contribution < 1.29 is 9.90 Å². The van der Waals surface area contributed by atoms with Crippen LogP contribution in [0.25, 0.3) is 0 Å². The lowest BCUT2D eigenvalue weighted by molar-refractivity contribution is 0.0701. The normalized spacial score (nSPS) is 21.4. The van der Waals surface area contributed by atoms with Crippen LogP contribution in [-0.2, 0) is 0 Å². The van der Waals surface area contributed by atoms with Crippen LogP contribution in [0, 0.1) is 6.92 Å². The van der Waals surface area contributed by atoms with E-state index in [1.165, 1.54) is 11.3 Å². The maximum absolute atomic E-state index is 11.1. The van der Waals surface area contributed by atoms with Gasteiger partial charge in [-0.05, 0) is 33.4 Å². The number of aryl methyl sites for hydroxylation is 1. The molecule has 1 unspecified atom stereocenters. The largest absolute Gasteiger partial charge is 0.477 e. The molecule has 1 aromatic heterocycles. The number of anilines is 1. The Morgan fingerprint density at radius 2 is 2.26 bits per heavy atom. The van der Waals surface area contributed by atoms with E-state index in [0.717, 1.165) is 37.6 Å². The van der Waals surface area contributed by atoms with Gasteiger partial charge in [-0.2, -0.15) is 0 Å². The van der Waals surface area contributed by atoms with Gasteiger partial charge in [-0.15, -0.1) is 0 Å². The highest BCUT2D eigenvalue weighted by Crippen LogP contribution is 2.29. The Morgan fingerprint density at radius 1 is 1.53 bits per heavy atom. The molecule has 0 spiro atoms. The zero-order chi connectivity index (χ0) is 14.0. The van der Waals surface area contributed by atoms with Crippen LogP contribution >= 0.6 is 11.3 Å². The van der Waals surface area contributed by atoms with Crippen LogP contribution in [0.5, 0.6) is 0 Å². The minimum atomic E-state index is -0.874. The molecule has 19 heavy (non-hydrogen) atoms. The Bertz CT molecular complexity index is 461. The first kappa shape index (κ1) is 14.3. The van der Waals surface area contributed by atoms with Crippen molar-refractivity contribution in [2.45, 2.75) is 32.7 Å². The minimum Gasteiger partial charge on any atom is -0.477 e. The monoisotopic (exact) mass is 283 g/mol. The van der Waals surface area contributed by atoms with Crippen molar-refractivity contribution in [3.63, 3.8) is 0 Å². The van der Waals surface area contributed by atoms with Gasteiger partial charge in [0, 0.05) is 19.1 Å². The second-order valence-electron chi connectivity index (χ2n) is 5.09. The second-order valence-corrected chi connectivity index (χ2v) is 6.06. The smallest absolute Gasteiger partial charge is 0.347 e. The summed E-state index contributed by atoms with van der Waals surface area (Å²) in [6.07, 6.45) is 2.14. The Labute approximate surface area is 117 Å². The second kappa shape index (κ2) is 5.88. The Hall–Kier alpha value is -1.14. The van der Waals surface area contributed by atoms with E-state index in [-0.39, 0.29) is 0 Å². The first-order chi connectivity index (χ1) is 9.02. The van der Waals surface area contributed by atoms with Gasteiger partial charge < -0.3 is 14.9 Å². The quantitative estimate of drug-likeness (QED) is 0.920. The molecular formula is C13H21N3O2S. The summed E-state index contributed by atoms with van der Waals surface area (Å²) in [6, 6.07) is 0.416. The van der Waals surface area contributed by atoms with Crippen molar-refractivity contribution in [1.82, 2.24) is 9.88 Å². The summed E-state index contributed by atoms with van der Waals surface area (Å²) in [5, 5.41) is 10.0. The van der Waals surface area contributed by atoms with Crippen molar-refractivity contribution in [2.75, 3.05) is 31.6 Å². The first-order valence-corrected chi connectivity index (χ1v) is 7.50. The van der Waals surface area contributed by atoms with Crippen LogP contribution in [0.4, 0.5) is 5.13 Å². The third-order valence-corrected chi connectivity index (χ3v) is 4.78. The van der Waals surface area contributed by atoms with Gasteiger partial charge in [0.1, 0.15) is 4.88 Å². The fourth-order valence-electron chi connectivity index (χ4n) is 2.55. The van der Waals surface area contributed by atoms with Gasteiger partial charge >= 0.3 is 5.97 Å². The minimum absolute atomic E-state index is 0.363. The Balaban J connectivity index is 2.27. The van der Waals surface area contributed by atoms with Crippen LogP contribution in [0.3, 0.4) is 0 Å². The van der Waals surface area contributed by atoms with Crippen LogP contribution in [0.15, 0.2) is 0 Å². The molecule has 0 aliphatic carbocycles. The van der Waals surface area contributed by atoms with Crippen LogP contribution in [-0.4, -0.2) is 53.7 Å². The highest BCUT2D eigenvalue weighted by Gasteiger charge is 2.26. The first-order valence-electron chi connectivity index (χ1n) is 6.68. The molecule has 0 radical (unpaired) electrons. The van der Waals surface area contributed by atoms with Gasteiger partial charge in [0.2, 0.25) is 0 Å². The molecule has 2 heterocycles. The molecule has 1 aliphatic rings. The summed E-state index contributed by atoms with van der Waals surface area (Å²) < 4.78 is 0. The molecule has 1 aromatic rings. The van der Waals surface area contributed by atoms with E-state index in [2.05, 4.69) is 28.8 Å². The molecule has 106 valence electrons. The summed E-state index contributed by atoms with van der Waals surface area (Å²) >= 11 is 1.30. The summed E-state index contributed by atoms with van der Waals surface area (Å²) in [4.78, 5) is 20.6. The molecule has 0 saturated carbocycles. The zero-order valence-corrected chi connectivity index (χ0v) is 12.5. The van der Waals surface area contributed by atoms with Crippen molar-refractivity contribution in [2.24, 2.45) is 0 Å². The Morgan fingerprint density at radius 3 is 2.84 bits per heavy atom. The van der Waals surface area contributed by atoms with Crippen molar-refractivity contribution in [3.8, 4) is 0 Å². The lowest BCUT2D eigenvalue weighted by Crippen LogP contribution is -2.39. The van der Waals surface area contributed by atoms with Gasteiger partial charge in [0.25, 0.3) is 0 Å². The molecule has 1 saturated heterocycles. The molecule has 2 rings (SSSR count). The fourth-order valence-corrected chi connectivity index (χ4v) is 3.55. The van der Waals surface area contributed by atoms with Gasteiger partial charge in [-0.3, -0.25) is 0 Å². The highest BCUT2D eigenvalue weighted by atomic mass is 32.1. The van der Waals surface area contributed by atoms with E-state index in [0.29, 0.717) is 16.6 Å². The van der Waals surface area contributed by atoms with E-state index < -0.39 is 5.97 Å². The number of hydrogen-bond acceptors (Lipinski definition) is 5. The Kier molecular flexibility index (Phi) is 4.42. The molecule has 0 aromatic carbocycles. The molecule has 0 amide bonds. The molecule has 6 heteroatoms. The number of carboxylic acids is 1. The average molecular weight is 283 g/mol. The van der Waals surface area contributed by atoms with Gasteiger partial charge in [0.15, 0.2) is 5.13 Å². The van der Waals surface area contributed by atoms with E-state index in [1.54, 1.807) is 6.92 Å². The number of hydrogen-bond donors (Lipinski definition) is 1. The summed E-state index contributed by atoms with van der Waals surface area (Å²) in [6.45, 7) is 7.00. The molecule has 5 nitrogen and oxygen atoms in total. The van der Waals surface area contributed by atoms with Crippen molar-refractivity contribution in [3.05, 3.63) is 10.6 Å². The van der Waals surface area contributed by atoms with Crippen LogP contribution in [0.1, 0.15) is 35.1 Å². The number of nitrogens with zero attached hydrogens (tertiary/aromatic N) is 3. The third-order valence-electron chi connectivity index (χ3n) is 3.60. The number of thiazole rings is 1. The van der Waals surface area contributed by atoms with Crippen LogP contribution in [0.2, 0.25) is 0 Å². The lowest BCUT2D eigenvalue weighted by Gasteiger charge is -2.29. The zero-order valence-electron chi connectivity index (χ0n) is 11.7. The molecule has 0 bridgehead atoms. The van der Waals surface area contributed by atoms with Gasteiger partial charge in [-0.1, -0.05) is 18.3 Å². The summed E-state index contributed by atoms with van der Waals surface area (Å²) in [7, 11) is 2.14. The lowest BCUT2D eigenvalue weighted by atomic mass is 10.2. The number of aromatic carboxylic acids is 1. The number of carbonyl (C=O) groups is 1. The number of carboxylic acid groups (broad SMARTS) is 1. The summed E-state index contributed by atoms with van der Waals surface area (Å²) in [5.74, 6) is -0.874. The van der Waals surface area contributed by atoms with Gasteiger partial charge in [-0.25, -0.2) is 9.78 Å². The molecule has 1 aliphatic heterocycles. The highest BCUT2D eigenvalue weighted by molar-refractivity contribution is 7.17. The third kappa shape index (κ3) is 3.06. The van der Waals surface area contributed by atoms with E-state index in [9.17, 15) is 4.79 Å². The maximum Gasteiger partial charge on any atom is 0.347 e. The maximum atomic E-state index is 11.1. The van der Waals surface area contributed by atoms with E-state index >= 15 is 0 Å². The predicted molar refractivity (Wildman–Crippen MR) is 77.3 cm³/mol. The number of likely N-dealkylation sites (N-methyl/N-ethyl adjacent to an activating group) is 1. The molecule has 1 N–H and O–H groups in total. The molecular weight excluding hydrogens is 262 g/mol. The van der Waals surface area contributed by atoms with Crippen molar-refractivity contribution >= 4 is 22.4 Å². The van der Waals surface area contributed by atoms with Crippen LogP contribution < -0.4 is 4.90 Å². The van der Waals surface area contributed by atoms with E-state index in [1.807, 2.05) is 0 Å². The molecule has 1 atom stereocenters. The standard InChI is InChI=1S/C13H21N3O2S/c1-4-10-8-15(3)6-5-7-16(10)13-14-9(2)11(19-13)12(17)18/h10H,4-8H2,1-3H3,(H,17,18). The molecule has 1 fully saturated rings. The SMILES string of the molecule is CCC1CN(C)CCCN1c1nc(C)c(C(=O)O)s1. The predicted octanol–water partition coefficient (Wildman–Crippen LogP) is 2.07. The van der Waals surface area contributed by atoms with E-state index in [4.69, 9.17) is 5.11 Å². The van der Waals surface area contributed by atoms with Gasteiger partial charge in [0.05, 0.1) is 5.69 Å². The number of rotatable bonds is 3.